The van der Waals surface area contributed by atoms with Crippen LogP contribution in [0.25, 0.3) is 0 Å². The fourth-order valence-corrected chi connectivity index (χ4v) is 5.97. The molecule has 1 saturated carbocycles. The molecule has 110 valence electrons. The summed E-state index contributed by atoms with van der Waals surface area (Å²) in [5, 5.41) is 3.98. The Bertz CT molecular complexity index is 475. The van der Waals surface area contributed by atoms with E-state index in [0.29, 0.717) is 6.04 Å². The number of piperidine rings is 1. The zero-order valence-corrected chi connectivity index (χ0v) is 14.9. The van der Waals surface area contributed by atoms with Gasteiger partial charge in [0.1, 0.15) is 0 Å². The molecule has 1 aromatic rings. The van der Waals surface area contributed by atoms with E-state index in [1.54, 1.807) is 10.4 Å². The summed E-state index contributed by atoms with van der Waals surface area (Å²) in [4.78, 5) is 4.37. The minimum atomic E-state index is 0.635. The van der Waals surface area contributed by atoms with Crippen molar-refractivity contribution in [2.45, 2.75) is 63.1 Å². The molecular weight excluding hydrogens is 379 g/mol. The Morgan fingerprint density at radius 1 is 1.15 bits per heavy atom. The van der Waals surface area contributed by atoms with Crippen molar-refractivity contribution in [3.8, 4) is 0 Å². The predicted molar refractivity (Wildman–Crippen MR) is 93.5 cm³/mol. The molecule has 1 saturated heterocycles. The Morgan fingerprint density at radius 2 is 1.95 bits per heavy atom. The lowest BCUT2D eigenvalue weighted by atomic mass is 9.92. The Kier molecular flexibility index (Phi) is 4.09. The van der Waals surface area contributed by atoms with Crippen LogP contribution >= 0.6 is 33.9 Å². The van der Waals surface area contributed by atoms with Gasteiger partial charge in [0.2, 0.25) is 0 Å². The molecule has 0 bridgehead atoms. The maximum Gasteiger partial charge on any atom is 0.0659 e. The molecule has 0 spiro atoms. The van der Waals surface area contributed by atoms with E-state index in [4.69, 9.17) is 0 Å². The number of nitrogens with zero attached hydrogens (tertiary/aromatic N) is 1. The number of aryl methyl sites for hydroxylation is 1. The van der Waals surface area contributed by atoms with Gasteiger partial charge in [-0.05, 0) is 92.3 Å². The van der Waals surface area contributed by atoms with E-state index < -0.39 is 0 Å². The van der Waals surface area contributed by atoms with Crippen LogP contribution in [0.15, 0.2) is 6.07 Å². The third-order valence-corrected chi connectivity index (χ3v) is 7.08. The lowest BCUT2D eigenvalue weighted by Crippen LogP contribution is -2.44. The van der Waals surface area contributed by atoms with Crippen LogP contribution in [0.5, 0.6) is 0 Å². The van der Waals surface area contributed by atoms with Crippen LogP contribution in [0.1, 0.15) is 55.0 Å². The number of fused-ring (bicyclic) bond motifs is 1. The molecule has 1 unspecified atom stereocenters. The van der Waals surface area contributed by atoms with Crippen molar-refractivity contribution in [3.05, 3.63) is 19.4 Å². The Balaban J connectivity index is 1.37. The third kappa shape index (κ3) is 2.94. The van der Waals surface area contributed by atoms with Crippen molar-refractivity contribution in [2.75, 3.05) is 13.1 Å². The van der Waals surface area contributed by atoms with E-state index in [9.17, 15) is 0 Å². The molecule has 2 aliphatic carbocycles. The first-order valence-electron chi connectivity index (χ1n) is 8.08. The van der Waals surface area contributed by atoms with E-state index in [2.05, 4.69) is 38.9 Å². The van der Waals surface area contributed by atoms with Gasteiger partial charge in [-0.1, -0.05) is 0 Å². The van der Waals surface area contributed by atoms with Gasteiger partial charge in [-0.3, -0.25) is 0 Å². The molecule has 2 fully saturated rings. The SMILES string of the molecule is Ic1cc2c(s1)CCCC2NC1CCN(C2CC2)CC1. The maximum absolute atomic E-state index is 3.98. The molecule has 4 heteroatoms. The van der Waals surface area contributed by atoms with Crippen LogP contribution in [0.3, 0.4) is 0 Å². The lowest BCUT2D eigenvalue weighted by molar-refractivity contribution is 0.181. The predicted octanol–water partition coefficient (Wildman–Crippen LogP) is 3.95. The van der Waals surface area contributed by atoms with E-state index >= 15 is 0 Å². The van der Waals surface area contributed by atoms with Crippen LogP contribution in [-0.4, -0.2) is 30.1 Å². The van der Waals surface area contributed by atoms with Crippen molar-refractivity contribution in [1.82, 2.24) is 10.2 Å². The average Bonchev–Trinajstić information content (AvgIpc) is 3.22. The fraction of sp³-hybridized carbons (Fsp3) is 0.750. The lowest BCUT2D eigenvalue weighted by Gasteiger charge is -2.35. The van der Waals surface area contributed by atoms with E-state index in [0.717, 1.165) is 12.1 Å². The first-order chi connectivity index (χ1) is 9.79. The number of hydrogen-bond donors (Lipinski definition) is 1. The first-order valence-corrected chi connectivity index (χ1v) is 9.97. The topological polar surface area (TPSA) is 15.3 Å². The Hall–Kier alpha value is 0.350. The smallest absolute Gasteiger partial charge is 0.0659 e. The van der Waals surface area contributed by atoms with E-state index in [1.165, 1.54) is 60.9 Å². The summed E-state index contributed by atoms with van der Waals surface area (Å²) in [7, 11) is 0. The summed E-state index contributed by atoms with van der Waals surface area (Å²) < 4.78 is 1.46. The summed E-state index contributed by atoms with van der Waals surface area (Å²) in [5.41, 5.74) is 1.62. The van der Waals surface area contributed by atoms with Crippen molar-refractivity contribution >= 4 is 33.9 Å². The van der Waals surface area contributed by atoms with Gasteiger partial charge in [-0.2, -0.15) is 0 Å². The largest absolute Gasteiger partial charge is 0.307 e. The van der Waals surface area contributed by atoms with Gasteiger partial charge in [0.15, 0.2) is 0 Å². The average molecular weight is 402 g/mol. The molecule has 1 N–H and O–H groups in total. The van der Waals surface area contributed by atoms with E-state index in [1.807, 2.05) is 11.3 Å². The maximum atomic E-state index is 3.98. The number of thiophene rings is 1. The second kappa shape index (κ2) is 5.86. The number of rotatable bonds is 3. The zero-order chi connectivity index (χ0) is 13.5. The van der Waals surface area contributed by atoms with Crippen molar-refractivity contribution in [2.24, 2.45) is 0 Å². The quantitative estimate of drug-likeness (QED) is 0.771. The number of halogens is 1. The molecule has 0 radical (unpaired) electrons. The minimum absolute atomic E-state index is 0.635. The van der Waals surface area contributed by atoms with Gasteiger partial charge >= 0.3 is 0 Å². The van der Waals surface area contributed by atoms with Crippen molar-refractivity contribution < 1.29 is 0 Å². The standard InChI is InChI=1S/C16H23IN2S/c17-16-10-13-14(2-1-3-15(13)20-16)18-11-6-8-19(9-7-11)12-4-5-12/h10-12,14,18H,1-9H2. The minimum Gasteiger partial charge on any atom is -0.307 e. The molecule has 2 nitrogen and oxygen atoms in total. The van der Waals surface area contributed by atoms with Crippen LogP contribution in [0.2, 0.25) is 0 Å². The van der Waals surface area contributed by atoms with Crippen LogP contribution < -0.4 is 5.32 Å². The molecule has 1 aliphatic heterocycles. The molecule has 0 aromatic carbocycles. The zero-order valence-electron chi connectivity index (χ0n) is 11.9. The highest BCUT2D eigenvalue weighted by Gasteiger charge is 2.33. The number of nitrogens with one attached hydrogen (secondary N) is 1. The molecule has 2 heterocycles. The van der Waals surface area contributed by atoms with Crippen LogP contribution in [0.4, 0.5) is 0 Å². The Morgan fingerprint density at radius 3 is 2.70 bits per heavy atom. The van der Waals surface area contributed by atoms with Gasteiger partial charge in [-0.15, -0.1) is 11.3 Å². The molecule has 3 aliphatic rings. The van der Waals surface area contributed by atoms with Gasteiger partial charge in [0, 0.05) is 23.0 Å². The van der Waals surface area contributed by atoms with E-state index in [-0.39, 0.29) is 0 Å². The summed E-state index contributed by atoms with van der Waals surface area (Å²) >= 11 is 4.49. The molecule has 20 heavy (non-hydrogen) atoms. The van der Waals surface area contributed by atoms with Crippen molar-refractivity contribution in [1.29, 1.82) is 0 Å². The van der Waals surface area contributed by atoms with Crippen LogP contribution in [-0.2, 0) is 6.42 Å². The molecular formula is C16H23IN2S. The van der Waals surface area contributed by atoms with Gasteiger partial charge in [-0.25, -0.2) is 0 Å². The number of likely N-dealkylation sites (tertiary alicyclic amines) is 1. The fourth-order valence-electron chi connectivity index (χ4n) is 3.85. The molecule has 1 atom stereocenters. The monoisotopic (exact) mass is 402 g/mol. The van der Waals surface area contributed by atoms with Crippen LogP contribution in [0, 0.1) is 2.88 Å². The van der Waals surface area contributed by atoms with Gasteiger partial charge in [0.05, 0.1) is 2.88 Å². The molecule has 0 amide bonds. The third-order valence-electron chi connectivity index (χ3n) is 5.11. The van der Waals surface area contributed by atoms with Gasteiger partial charge in [0.25, 0.3) is 0 Å². The summed E-state index contributed by atoms with van der Waals surface area (Å²) in [5.74, 6) is 0. The second-order valence-electron chi connectivity index (χ2n) is 6.58. The normalized spacial score (nSPS) is 28.6. The first kappa shape index (κ1) is 14.0. The highest BCUT2D eigenvalue weighted by atomic mass is 127. The Labute approximate surface area is 139 Å². The second-order valence-corrected chi connectivity index (χ2v) is 9.61. The summed E-state index contributed by atoms with van der Waals surface area (Å²) in [6.07, 6.45) is 9.62. The summed E-state index contributed by atoms with van der Waals surface area (Å²) in [6, 6.07) is 4.77. The molecule has 1 aromatic heterocycles. The summed E-state index contributed by atoms with van der Waals surface area (Å²) in [6.45, 7) is 2.65. The number of hydrogen-bond acceptors (Lipinski definition) is 3. The van der Waals surface area contributed by atoms with Gasteiger partial charge < -0.3 is 10.2 Å². The molecule has 4 rings (SSSR count). The van der Waals surface area contributed by atoms with Crippen molar-refractivity contribution in [3.63, 3.8) is 0 Å². The highest BCUT2D eigenvalue weighted by Crippen LogP contribution is 2.37. The highest BCUT2D eigenvalue weighted by molar-refractivity contribution is 14.1.